The summed E-state index contributed by atoms with van der Waals surface area (Å²) in [5.41, 5.74) is 4.46. The highest BCUT2D eigenvalue weighted by atomic mass is 16.6. The molecule has 0 aromatic carbocycles. The molecule has 0 bridgehead atoms. The van der Waals surface area contributed by atoms with Crippen LogP contribution in [-0.4, -0.2) is 7.11 Å². The van der Waals surface area contributed by atoms with Crippen LogP contribution >= 0.6 is 0 Å². The quantitative estimate of drug-likeness (QED) is 0.328. The average Bonchev–Trinajstić information content (AvgIpc) is 2.09. The van der Waals surface area contributed by atoms with E-state index < -0.39 is 5.95 Å². The Morgan fingerprint density at radius 1 is 1.58 bits per heavy atom. The largest absolute Gasteiger partial charge is 0.603 e. The third kappa shape index (κ3) is 2.26. The van der Waals surface area contributed by atoms with E-state index >= 15 is 0 Å². The van der Waals surface area contributed by atoms with Crippen molar-refractivity contribution < 1.29 is 9.84 Å². The van der Waals surface area contributed by atoms with Crippen molar-refractivity contribution in [1.82, 2.24) is 0 Å². The van der Waals surface area contributed by atoms with Gasteiger partial charge in [-0.05, 0) is 14.0 Å². The standard InChI is InChI=1S/C10H10O2/c1-8-3-5-9(6-4-8)7-10(11)12-2/h3-6H,1-2H3. The van der Waals surface area contributed by atoms with Gasteiger partial charge in [-0.2, -0.15) is 0 Å². The first kappa shape index (κ1) is 8.57. The van der Waals surface area contributed by atoms with E-state index in [0.29, 0.717) is 0 Å². The summed E-state index contributed by atoms with van der Waals surface area (Å²) in [6.07, 6.45) is 7.50. The van der Waals surface area contributed by atoms with Gasteiger partial charge in [0.25, 0.3) is 0 Å². The first-order chi connectivity index (χ1) is 5.72. The lowest BCUT2D eigenvalue weighted by Gasteiger charge is -2.01. The molecule has 0 unspecified atom stereocenters. The summed E-state index contributed by atoms with van der Waals surface area (Å²) in [6, 6.07) is 0. The van der Waals surface area contributed by atoms with E-state index in [-0.39, 0.29) is 0 Å². The second kappa shape index (κ2) is 3.74. The molecule has 0 aromatic rings. The van der Waals surface area contributed by atoms with E-state index in [9.17, 15) is 5.11 Å². The maximum absolute atomic E-state index is 10.7. The Morgan fingerprint density at radius 3 is 2.83 bits per heavy atom. The second-order valence-electron chi connectivity index (χ2n) is 2.48. The fourth-order valence-electron chi connectivity index (χ4n) is 0.806. The lowest BCUT2D eigenvalue weighted by molar-refractivity contribution is -0.352. The third-order valence-electron chi connectivity index (χ3n) is 1.48. The van der Waals surface area contributed by atoms with Gasteiger partial charge in [0.15, 0.2) is 5.95 Å². The third-order valence-corrected chi connectivity index (χ3v) is 1.48. The molecule has 62 valence electrons. The minimum atomic E-state index is -0.446. The van der Waals surface area contributed by atoms with Crippen LogP contribution in [0, 0.1) is 6.42 Å². The van der Waals surface area contributed by atoms with Crippen LogP contribution in [0.15, 0.2) is 41.1 Å². The van der Waals surface area contributed by atoms with Crippen molar-refractivity contribution in [2.45, 2.75) is 6.92 Å². The number of allylic oxidation sites excluding steroid dienone is 5. The van der Waals surface area contributed by atoms with Crippen molar-refractivity contribution in [2.75, 3.05) is 7.11 Å². The van der Waals surface area contributed by atoms with Crippen molar-refractivity contribution in [3.63, 3.8) is 0 Å². The zero-order valence-corrected chi connectivity index (χ0v) is 7.13. The normalized spacial score (nSPS) is 14.5. The van der Waals surface area contributed by atoms with E-state index in [1.165, 1.54) is 7.11 Å². The molecule has 0 heterocycles. The minimum absolute atomic E-state index is 0.446. The van der Waals surface area contributed by atoms with Gasteiger partial charge in [-0.25, -0.2) is 0 Å². The smallest absolute Gasteiger partial charge is 0.156 e. The lowest BCUT2D eigenvalue weighted by atomic mass is 10.0. The Balaban J connectivity index is 2.83. The van der Waals surface area contributed by atoms with Crippen LogP contribution < -0.4 is 5.11 Å². The van der Waals surface area contributed by atoms with Crippen LogP contribution in [-0.2, 0) is 4.74 Å². The molecular formula is C10H10O2. The van der Waals surface area contributed by atoms with Crippen molar-refractivity contribution in [3.05, 3.63) is 47.5 Å². The molecule has 1 rings (SSSR count). The van der Waals surface area contributed by atoms with Gasteiger partial charge in [0.1, 0.15) is 5.57 Å². The molecule has 2 nitrogen and oxygen atoms in total. The van der Waals surface area contributed by atoms with Crippen LogP contribution in [0.3, 0.4) is 0 Å². The van der Waals surface area contributed by atoms with E-state index in [2.05, 4.69) is 10.5 Å². The topological polar surface area (TPSA) is 32.3 Å². The maximum atomic E-state index is 10.7. The summed E-state index contributed by atoms with van der Waals surface area (Å²) in [6.45, 7) is 1.99. The van der Waals surface area contributed by atoms with Crippen LogP contribution in [0.5, 0.6) is 0 Å². The molecule has 0 amide bonds. The average molecular weight is 162 g/mol. The molecule has 2 heteroatoms. The number of hydrogen-bond donors (Lipinski definition) is 0. The van der Waals surface area contributed by atoms with Crippen LogP contribution in [0.25, 0.3) is 0 Å². The molecule has 0 radical (unpaired) electrons. The predicted octanol–water partition coefficient (Wildman–Crippen LogP) is 1.08. The Labute approximate surface area is 72.2 Å². The SMILES string of the molecule is COC([O-])=C=C1C=CC(C)=C[CH+]1. The van der Waals surface area contributed by atoms with Crippen LogP contribution in [0.2, 0.25) is 0 Å². The molecule has 0 saturated heterocycles. The number of rotatable bonds is 1. The first-order valence-corrected chi connectivity index (χ1v) is 3.64. The van der Waals surface area contributed by atoms with Gasteiger partial charge in [0, 0.05) is 36.0 Å². The van der Waals surface area contributed by atoms with Crippen molar-refractivity contribution in [3.8, 4) is 0 Å². The lowest BCUT2D eigenvalue weighted by Crippen LogP contribution is -2.03. The second-order valence-corrected chi connectivity index (χ2v) is 2.48. The van der Waals surface area contributed by atoms with E-state index in [1.807, 2.05) is 31.6 Å². The zero-order valence-electron chi connectivity index (χ0n) is 7.13. The number of methoxy groups -OCH3 is 1. The van der Waals surface area contributed by atoms with E-state index in [0.717, 1.165) is 11.1 Å². The Kier molecular flexibility index (Phi) is 2.67. The summed E-state index contributed by atoms with van der Waals surface area (Å²) in [5, 5.41) is 10.7. The highest BCUT2D eigenvalue weighted by Crippen LogP contribution is 2.12. The van der Waals surface area contributed by atoms with Crippen LogP contribution in [0.4, 0.5) is 0 Å². The van der Waals surface area contributed by atoms with E-state index in [4.69, 9.17) is 0 Å². The molecule has 0 fully saturated rings. The van der Waals surface area contributed by atoms with Gasteiger partial charge in [-0.3, -0.25) is 0 Å². The monoisotopic (exact) mass is 162 g/mol. The van der Waals surface area contributed by atoms with Gasteiger partial charge in [0.2, 0.25) is 0 Å². The van der Waals surface area contributed by atoms with Crippen molar-refractivity contribution >= 4 is 0 Å². The molecule has 0 aliphatic heterocycles. The molecule has 0 atom stereocenters. The fraction of sp³-hybridized carbons (Fsp3) is 0.200. The van der Waals surface area contributed by atoms with Crippen LogP contribution in [0.1, 0.15) is 6.92 Å². The van der Waals surface area contributed by atoms with E-state index in [1.54, 1.807) is 0 Å². The van der Waals surface area contributed by atoms with Gasteiger partial charge in [0.05, 0.1) is 0 Å². The molecular weight excluding hydrogens is 152 g/mol. The maximum Gasteiger partial charge on any atom is 0.156 e. The zero-order chi connectivity index (χ0) is 8.97. The van der Waals surface area contributed by atoms with Crippen molar-refractivity contribution in [2.24, 2.45) is 0 Å². The molecule has 1 aliphatic carbocycles. The molecule has 1 aliphatic rings. The summed E-state index contributed by atoms with van der Waals surface area (Å²) < 4.78 is 4.43. The summed E-state index contributed by atoms with van der Waals surface area (Å²) in [4.78, 5) is 0. The number of ether oxygens (including phenoxy) is 1. The summed E-state index contributed by atoms with van der Waals surface area (Å²) in [7, 11) is 1.34. The molecule has 0 saturated carbocycles. The van der Waals surface area contributed by atoms with Gasteiger partial charge in [-0.15, -0.1) is 0 Å². The molecule has 0 N–H and O–H groups in total. The van der Waals surface area contributed by atoms with Gasteiger partial charge < -0.3 is 9.84 Å². The highest BCUT2D eigenvalue weighted by Gasteiger charge is 2.04. The Bertz CT molecular complexity index is 289. The Hall–Kier alpha value is -1.53. The minimum Gasteiger partial charge on any atom is -0.603 e. The highest BCUT2D eigenvalue weighted by molar-refractivity contribution is 5.41. The molecule has 0 spiro atoms. The summed E-state index contributed by atoms with van der Waals surface area (Å²) in [5.74, 6) is -0.446. The van der Waals surface area contributed by atoms with Gasteiger partial charge in [-0.1, -0.05) is 0 Å². The predicted molar refractivity (Wildman–Crippen MR) is 44.7 cm³/mol. The first-order valence-electron chi connectivity index (χ1n) is 3.64. The number of hydrogen-bond acceptors (Lipinski definition) is 2. The fourth-order valence-corrected chi connectivity index (χ4v) is 0.806. The summed E-state index contributed by atoms with van der Waals surface area (Å²) >= 11 is 0. The van der Waals surface area contributed by atoms with Crippen molar-refractivity contribution in [1.29, 1.82) is 0 Å². The molecule has 0 aromatic heterocycles. The Morgan fingerprint density at radius 2 is 2.33 bits per heavy atom. The molecule has 12 heavy (non-hydrogen) atoms. The van der Waals surface area contributed by atoms with Gasteiger partial charge >= 0.3 is 0 Å².